The molecule has 0 aliphatic carbocycles. The highest BCUT2D eigenvalue weighted by atomic mass is 28.5. The average Bonchev–Trinajstić information content (AvgIpc) is 3.04. The summed E-state index contributed by atoms with van der Waals surface area (Å²) in [5, 5.41) is 17.0. The molecular weight excluding hydrogens is 893 g/mol. The maximum atomic E-state index is 13.7. The number of alkyl halides is 12. The number of hydrogen-bond acceptors (Lipinski definition) is 8. The zero-order valence-electron chi connectivity index (χ0n) is 34.8. The van der Waals surface area contributed by atoms with E-state index in [0.717, 1.165) is 6.55 Å². The van der Waals surface area contributed by atoms with Gasteiger partial charge in [0.1, 0.15) is 0 Å². The number of rotatable bonds is 30. The fraction of sp³-hybridized carbons (Fsp3) is 0.939. The van der Waals surface area contributed by atoms with Gasteiger partial charge in [-0.15, -0.1) is 6.58 Å². The van der Waals surface area contributed by atoms with E-state index in [1.165, 1.54) is 19.6 Å². The van der Waals surface area contributed by atoms with Gasteiger partial charge in [0, 0.05) is 32.3 Å². The summed E-state index contributed by atoms with van der Waals surface area (Å²) < 4.78 is 198. The van der Waals surface area contributed by atoms with Crippen LogP contribution in [-0.4, -0.2) is 117 Å². The minimum atomic E-state index is -4.81. The molecule has 0 radical (unpaired) electrons. The van der Waals surface area contributed by atoms with Crippen LogP contribution in [-0.2, 0) is 25.9 Å². The third-order valence-corrected chi connectivity index (χ3v) is 30.7. The van der Waals surface area contributed by atoms with Gasteiger partial charge >= 0.3 is 50.4 Å². The lowest BCUT2D eigenvalue weighted by atomic mass is 10.4. The molecule has 25 heteroatoms. The second-order valence-corrected chi connectivity index (χ2v) is 35.0. The predicted octanol–water partition coefficient (Wildman–Crippen LogP) is 11.6. The van der Waals surface area contributed by atoms with Crippen LogP contribution in [0.15, 0.2) is 12.7 Å². The molecule has 0 fully saturated rings. The highest BCUT2D eigenvalue weighted by Gasteiger charge is 2.54. The highest BCUT2D eigenvalue weighted by molar-refractivity contribution is 6.91. The highest BCUT2D eigenvalue weighted by Crippen LogP contribution is 2.41. The first-order chi connectivity index (χ1) is 26.2. The number of halogens is 12. The van der Waals surface area contributed by atoms with E-state index >= 15 is 0 Å². The SMILES string of the molecule is C=CCOCCO.CCCC[Si](C)(CCC(F)(F)F)O[Si](C)(CCC(F)(F)F)O[Si](C)(CCC(F)(F)F)O[Si](C)(CCC(F)(F)F)O[Si](C)(C)CCCCOCCO. The summed E-state index contributed by atoms with van der Waals surface area (Å²) in [6.07, 6.45) is -21.0. The van der Waals surface area contributed by atoms with Gasteiger partial charge in [0.05, 0.1) is 33.0 Å². The summed E-state index contributed by atoms with van der Waals surface area (Å²) in [6.45, 7) is 14.9. The lowest BCUT2D eigenvalue weighted by Gasteiger charge is -2.46. The fourth-order valence-electron chi connectivity index (χ4n) is 5.88. The van der Waals surface area contributed by atoms with Crippen LogP contribution in [0.1, 0.15) is 58.3 Å². The van der Waals surface area contributed by atoms with Crippen molar-refractivity contribution in [3.8, 4) is 0 Å². The van der Waals surface area contributed by atoms with Crippen molar-refractivity contribution in [2.75, 3.05) is 39.6 Å². The molecule has 4 atom stereocenters. The first-order valence-corrected chi connectivity index (χ1v) is 32.8. The largest absolute Gasteiger partial charge is 0.436 e. The molecule has 0 bridgehead atoms. The first kappa shape index (κ1) is 59.8. The molecule has 0 rings (SSSR count). The lowest BCUT2D eigenvalue weighted by Crippen LogP contribution is -2.62. The Balaban J connectivity index is 0. The molecule has 4 unspecified atom stereocenters. The van der Waals surface area contributed by atoms with Gasteiger partial charge < -0.3 is 36.1 Å². The van der Waals surface area contributed by atoms with Crippen LogP contribution >= 0.6 is 0 Å². The van der Waals surface area contributed by atoms with Crippen molar-refractivity contribution < 1.29 is 88.8 Å². The first-order valence-electron chi connectivity index (χ1n) is 19.2. The van der Waals surface area contributed by atoms with Gasteiger partial charge in [0.2, 0.25) is 0 Å². The van der Waals surface area contributed by atoms with Crippen LogP contribution in [0, 0.1) is 0 Å². The van der Waals surface area contributed by atoms with Crippen LogP contribution in [0.3, 0.4) is 0 Å². The van der Waals surface area contributed by atoms with Crippen LogP contribution in [0.25, 0.3) is 0 Å². The van der Waals surface area contributed by atoms with Crippen molar-refractivity contribution in [3.63, 3.8) is 0 Å². The summed E-state index contributed by atoms with van der Waals surface area (Å²) >= 11 is 0. The third-order valence-electron chi connectivity index (χ3n) is 8.43. The van der Waals surface area contributed by atoms with E-state index in [2.05, 4.69) is 6.58 Å². The molecule has 0 heterocycles. The minimum Gasteiger partial charge on any atom is -0.436 e. The van der Waals surface area contributed by atoms with Gasteiger partial charge in [-0.05, 0) is 82.0 Å². The summed E-state index contributed by atoms with van der Waals surface area (Å²) in [4.78, 5) is 0. The Bertz CT molecular complexity index is 1110. The van der Waals surface area contributed by atoms with E-state index in [-0.39, 0.29) is 25.9 Å². The second-order valence-electron chi connectivity index (χ2n) is 15.5. The van der Waals surface area contributed by atoms with Gasteiger partial charge in [-0.25, -0.2) is 0 Å². The maximum absolute atomic E-state index is 13.7. The number of aliphatic hydroxyl groups is 2. The number of ether oxygens (including phenoxy) is 2. The molecule has 0 aromatic heterocycles. The van der Waals surface area contributed by atoms with Crippen molar-refractivity contribution in [1.82, 2.24) is 0 Å². The fourth-order valence-corrected chi connectivity index (χ4v) is 32.8. The molecule has 2 N–H and O–H groups in total. The average molecular weight is 959 g/mol. The lowest BCUT2D eigenvalue weighted by molar-refractivity contribution is -0.132. The van der Waals surface area contributed by atoms with Crippen molar-refractivity contribution in [2.24, 2.45) is 0 Å². The van der Waals surface area contributed by atoms with Crippen molar-refractivity contribution in [1.29, 1.82) is 0 Å². The Labute approximate surface area is 341 Å². The standard InChI is InChI=1S/C28H56F12O6Si5.C5H10O2/c1-8-9-20-48(4,21-12-25(29,30)31)44-50(6,23-14-27(35,36)37)46-51(7,24-15-28(38,39)40)45-49(5,22-13-26(32,33)34)43-47(2,3)19-11-10-17-42-18-16-41;1-2-4-7-5-3-6/h41H,8-24H2,1-7H3;2,6H,1,3-5H2. The molecule has 0 saturated heterocycles. The molecule has 0 aromatic rings. The Morgan fingerprint density at radius 2 is 0.879 bits per heavy atom. The molecule has 350 valence electrons. The number of unbranched alkanes of at least 4 members (excludes halogenated alkanes) is 2. The van der Waals surface area contributed by atoms with Crippen molar-refractivity contribution in [3.05, 3.63) is 12.7 Å². The summed E-state index contributed by atoms with van der Waals surface area (Å²) in [5.41, 5.74) is 0. The molecule has 0 aliphatic rings. The van der Waals surface area contributed by atoms with Crippen LogP contribution in [0.5, 0.6) is 0 Å². The van der Waals surface area contributed by atoms with Crippen LogP contribution < -0.4 is 0 Å². The zero-order valence-corrected chi connectivity index (χ0v) is 39.8. The molecule has 0 spiro atoms. The van der Waals surface area contributed by atoms with Gasteiger partial charge in [0.15, 0.2) is 16.6 Å². The Morgan fingerprint density at radius 1 is 0.483 bits per heavy atom. The quantitative estimate of drug-likeness (QED) is 0.0318. The summed E-state index contributed by atoms with van der Waals surface area (Å²) in [5.74, 6) is 0. The summed E-state index contributed by atoms with van der Waals surface area (Å²) in [7, 11) is -19.4. The topological polar surface area (TPSA) is 95.8 Å². The third kappa shape index (κ3) is 34.3. The minimum absolute atomic E-state index is 0.0911. The van der Waals surface area contributed by atoms with Crippen LogP contribution in [0.4, 0.5) is 52.7 Å². The number of hydrogen-bond donors (Lipinski definition) is 2. The van der Waals surface area contributed by atoms with Gasteiger partial charge in [-0.3, -0.25) is 0 Å². The van der Waals surface area contributed by atoms with E-state index in [1.54, 1.807) is 26.1 Å². The van der Waals surface area contributed by atoms with E-state index in [1.807, 2.05) is 0 Å². The van der Waals surface area contributed by atoms with Gasteiger partial charge in [-0.2, -0.15) is 52.7 Å². The molecule has 0 aliphatic heterocycles. The molecule has 58 heavy (non-hydrogen) atoms. The summed E-state index contributed by atoms with van der Waals surface area (Å²) in [6, 6.07) is -2.52. The Hall–Kier alpha value is -0.336. The van der Waals surface area contributed by atoms with E-state index in [4.69, 9.17) is 36.1 Å². The molecule has 0 aromatic carbocycles. The van der Waals surface area contributed by atoms with Crippen LogP contribution in [0.2, 0.25) is 75.5 Å². The monoisotopic (exact) mass is 958 g/mol. The van der Waals surface area contributed by atoms with E-state index < -0.39 is 117 Å². The number of aliphatic hydroxyl groups excluding tert-OH is 2. The van der Waals surface area contributed by atoms with Gasteiger partial charge in [-0.1, -0.05) is 32.3 Å². The van der Waals surface area contributed by atoms with Gasteiger partial charge in [0.25, 0.3) is 0 Å². The molecular formula is C33H66F12O8Si5. The predicted molar refractivity (Wildman–Crippen MR) is 210 cm³/mol. The van der Waals surface area contributed by atoms with E-state index in [9.17, 15) is 52.7 Å². The maximum Gasteiger partial charge on any atom is 0.389 e. The van der Waals surface area contributed by atoms with Crippen molar-refractivity contribution >= 4 is 42.3 Å². The van der Waals surface area contributed by atoms with E-state index in [0.29, 0.717) is 51.5 Å². The normalized spacial score (nSPS) is 17.4. The molecule has 8 nitrogen and oxygen atoms in total. The molecule has 0 amide bonds. The van der Waals surface area contributed by atoms with Crippen molar-refractivity contribution in [2.45, 2.75) is 159 Å². The second kappa shape index (κ2) is 27.0. The Morgan fingerprint density at radius 3 is 1.28 bits per heavy atom. The Kier molecular flexibility index (Phi) is 27.8. The zero-order chi connectivity index (χ0) is 45.6. The molecule has 0 saturated carbocycles. The smallest absolute Gasteiger partial charge is 0.389 e.